The molecule has 166 valence electrons. The third-order valence-electron chi connectivity index (χ3n) is 5.78. The highest BCUT2D eigenvalue weighted by Gasteiger charge is 2.35. The van der Waals surface area contributed by atoms with E-state index in [0.29, 0.717) is 36.9 Å². The van der Waals surface area contributed by atoms with Crippen LogP contribution in [0, 0.1) is 22.7 Å². The van der Waals surface area contributed by atoms with Crippen LogP contribution in [0.25, 0.3) is 6.08 Å². The summed E-state index contributed by atoms with van der Waals surface area (Å²) in [6.07, 6.45) is 4.08. The van der Waals surface area contributed by atoms with Gasteiger partial charge in [-0.2, -0.15) is 10.4 Å². The van der Waals surface area contributed by atoms with Crippen molar-refractivity contribution in [3.05, 3.63) is 41.0 Å². The van der Waals surface area contributed by atoms with Gasteiger partial charge in [-0.3, -0.25) is 9.48 Å². The Morgan fingerprint density at radius 2 is 2.22 bits per heavy atom. The first-order chi connectivity index (χ1) is 15.2. The predicted octanol–water partition coefficient (Wildman–Crippen LogP) is 2.67. The summed E-state index contributed by atoms with van der Waals surface area (Å²) in [5, 5.41) is 27.5. The quantitative estimate of drug-likeness (QED) is 0.629. The molecule has 1 aromatic heterocycles. The minimum atomic E-state index is -0.996. The normalized spacial score (nSPS) is 20.6. The Hall–Kier alpha value is -3.29. The summed E-state index contributed by atoms with van der Waals surface area (Å²) in [5.41, 5.74) is 7.79. The minimum absolute atomic E-state index is 0.225. The number of carbonyl (C=O) groups excluding carboxylic acids is 1. The highest BCUT2D eigenvalue weighted by molar-refractivity contribution is 6.55. The number of aromatic nitrogens is 2. The van der Waals surface area contributed by atoms with E-state index in [1.807, 2.05) is 32.9 Å². The number of hydrogen-bond donors (Lipinski definition) is 3. The van der Waals surface area contributed by atoms with E-state index in [1.54, 1.807) is 23.0 Å². The van der Waals surface area contributed by atoms with Gasteiger partial charge in [-0.1, -0.05) is 26.8 Å². The first-order valence-electron chi connectivity index (χ1n) is 10.5. The summed E-state index contributed by atoms with van der Waals surface area (Å²) in [7, 11) is -0.996. The maximum Gasteiger partial charge on any atom is 0.556 e. The minimum Gasteiger partial charge on any atom is -0.532 e. The van der Waals surface area contributed by atoms with Crippen LogP contribution in [0.1, 0.15) is 49.2 Å². The monoisotopic (exact) mass is 435 g/mol. The van der Waals surface area contributed by atoms with Crippen molar-refractivity contribution in [1.82, 2.24) is 9.78 Å². The second kappa shape index (κ2) is 8.33. The zero-order chi connectivity index (χ0) is 23.0. The number of nitrogens with zero attached hydrogens (tertiary/aromatic N) is 3. The van der Waals surface area contributed by atoms with E-state index in [9.17, 15) is 15.1 Å². The smallest absolute Gasteiger partial charge is 0.532 e. The molecule has 10 heteroatoms. The molecule has 1 fully saturated rings. The summed E-state index contributed by atoms with van der Waals surface area (Å²) >= 11 is 0. The summed E-state index contributed by atoms with van der Waals surface area (Å²) in [6, 6.07) is 7.38. The fraction of sp³-hybridized carbons (Fsp3) is 0.409. The van der Waals surface area contributed by atoms with Crippen LogP contribution in [0.3, 0.4) is 0 Å². The van der Waals surface area contributed by atoms with Crippen molar-refractivity contribution in [2.24, 2.45) is 17.1 Å². The molecule has 1 aromatic carbocycles. The van der Waals surface area contributed by atoms with Crippen LogP contribution >= 0.6 is 0 Å². The van der Waals surface area contributed by atoms with Crippen molar-refractivity contribution in [2.75, 3.05) is 18.5 Å². The topological polar surface area (TPSA) is 135 Å². The van der Waals surface area contributed by atoms with E-state index in [2.05, 4.69) is 16.5 Å². The fourth-order valence-corrected chi connectivity index (χ4v) is 3.96. The van der Waals surface area contributed by atoms with Crippen LogP contribution in [-0.4, -0.2) is 41.0 Å². The fourth-order valence-electron chi connectivity index (χ4n) is 3.96. The summed E-state index contributed by atoms with van der Waals surface area (Å²) < 4.78 is 12.8. The lowest BCUT2D eigenvalue weighted by molar-refractivity contribution is 0.0342. The molecular weight excluding hydrogens is 409 g/mol. The molecule has 4 N–H and O–H groups in total. The molecule has 2 aliphatic rings. The Morgan fingerprint density at radius 1 is 1.44 bits per heavy atom. The van der Waals surface area contributed by atoms with Gasteiger partial charge in [0.2, 0.25) is 0 Å². The molecule has 1 unspecified atom stereocenters. The van der Waals surface area contributed by atoms with Gasteiger partial charge < -0.3 is 25.5 Å². The lowest BCUT2D eigenvalue weighted by atomic mass is 9.63. The lowest BCUT2D eigenvalue weighted by Gasteiger charge is -2.29. The number of fused-ring (bicyclic) bond motifs is 1. The van der Waals surface area contributed by atoms with Crippen LogP contribution in [-0.2, 0) is 4.74 Å². The van der Waals surface area contributed by atoms with Crippen LogP contribution < -0.4 is 15.7 Å². The average molecular weight is 435 g/mol. The van der Waals surface area contributed by atoms with Crippen molar-refractivity contribution in [3.8, 4) is 11.8 Å². The first kappa shape index (κ1) is 21.9. The maximum atomic E-state index is 12.1. The Morgan fingerprint density at radius 3 is 2.91 bits per heavy atom. The number of hydrogen-bond acceptors (Lipinski definition) is 7. The first-order valence-corrected chi connectivity index (χ1v) is 10.5. The van der Waals surface area contributed by atoms with Crippen LogP contribution in [0.4, 0.5) is 11.5 Å². The molecular formula is C22H26BN5O4. The van der Waals surface area contributed by atoms with Crippen LogP contribution in [0.5, 0.6) is 5.75 Å². The highest BCUT2D eigenvalue weighted by Crippen LogP contribution is 2.37. The zero-order valence-corrected chi connectivity index (χ0v) is 18.3. The largest absolute Gasteiger partial charge is 0.556 e. The average Bonchev–Trinajstić information content (AvgIpc) is 3.16. The number of anilines is 2. The molecule has 9 nitrogen and oxygen atoms in total. The van der Waals surface area contributed by atoms with Crippen molar-refractivity contribution in [3.63, 3.8) is 0 Å². The van der Waals surface area contributed by atoms with E-state index in [0.717, 1.165) is 11.0 Å². The van der Waals surface area contributed by atoms with E-state index >= 15 is 0 Å². The maximum absolute atomic E-state index is 12.1. The number of amides is 1. The Kier molecular flexibility index (Phi) is 5.71. The van der Waals surface area contributed by atoms with E-state index in [1.165, 1.54) is 0 Å². The van der Waals surface area contributed by atoms with Crippen molar-refractivity contribution < 1.29 is 19.2 Å². The van der Waals surface area contributed by atoms with Crippen molar-refractivity contribution in [1.29, 1.82) is 5.26 Å². The van der Waals surface area contributed by atoms with Gasteiger partial charge in [-0.05, 0) is 35.5 Å². The van der Waals surface area contributed by atoms with Crippen LogP contribution in [0.2, 0.25) is 0 Å². The number of benzene rings is 1. The predicted molar refractivity (Wildman–Crippen MR) is 120 cm³/mol. The standard InChI is InChI=1S/C22H26BN5O4/c1-22(2,3)19-9-14-8-15(4-5-18(14)32-23(19)30)26-21-16(20(25)29)11-28(27-21)17-12-31-7-6-13(17)10-24/h4-5,8-9,11,13,17,30H,6-7,12H2,1-3H3,(H2,25,29)(H,26,27)/t13-,17?/m1/s1. The molecule has 0 aliphatic carbocycles. The second-order valence-electron chi connectivity index (χ2n) is 9.10. The van der Waals surface area contributed by atoms with Crippen molar-refractivity contribution >= 4 is 30.6 Å². The highest BCUT2D eigenvalue weighted by atomic mass is 16.5. The molecule has 0 spiro atoms. The number of primary amides is 1. The number of nitrogens with two attached hydrogens (primary N) is 1. The summed E-state index contributed by atoms with van der Waals surface area (Å²) in [4.78, 5) is 12.1. The van der Waals surface area contributed by atoms with Crippen LogP contribution in [0.15, 0.2) is 29.9 Å². The molecule has 2 atom stereocenters. The summed E-state index contributed by atoms with van der Waals surface area (Å²) in [5.74, 6) is -0.0155. The third kappa shape index (κ3) is 4.22. The number of nitriles is 1. The number of rotatable bonds is 4. The molecule has 0 bridgehead atoms. The van der Waals surface area contributed by atoms with Gasteiger partial charge in [0.25, 0.3) is 5.91 Å². The van der Waals surface area contributed by atoms with Crippen molar-refractivity contribution in [2.45, 2.75) is 33.2 Å². The number of allylic oxidation sites excluding steroid dienone is 1. The van der Waals surface area contributed by atoms with Gasteiger partial charge in [-0.25, -0.2) is 0 Å². The lowest BCUT2D eigenvalue weighted by Crippen LogP contribution is -2.34. The van der Waals surface area contributed by atoms with Gasteiger partial charge in [0.15, 0.2) is 5.82 Å². The number of nitrogens with one attached hydrogen (secondary N) is 1. The molecule has 1 amide bonds. The molecule has 2 aromatic rings. The summed E-state index contributed by atoms with van der Waals surface area (Å²) in [6.45, 7) is 6.89. The Balaban J connectivity index is 1.66. The molecule has 1 saturated heterocycles. The van der Waals surface area contributed by atoms with Gasteiger partial charge in [0.05, 0.1) is 24.6 Å². The Bertz CT molecular complexity index is 1110. The SMILES string of the molecule is CC(C)(C)C1=Cc2cc(Nc3nn(C4COCC[C@@H]4C#N)cc3C(N)=O)ccc2OB1O. The van der Waals surface area contributed by atoms with Gasteiger partial charge >= 0.3 is 7.12 Å². The Labute approximate surface area is 186 Å². The van der Waals surface area contributed by atoms with E-state index in [-0.39, 0.29) is 22.9 Å². The molecule has 3 heterocycles. The molecule has 0 radical (unpaired) electrons. The number of ether oxygens (including phenoxy) is 1. The molecule has 0 saturated carbocycles. The second-order valence-corrected chi connectivity index (χ2v) is 9.10. The number of carbonyl (C=O) groups is 1. The van der Waals surface area contributed by atoms with Gasteiger partial charge in [-0.15, -0.1) is 0 Å². The van der Waals surface area contributed by atoms with Gasteiger partial charge in [0, 0.05) is 24.1 Å². The van der Waals surface area contributed by atoms with Gasteiger partial charge in [0.1, 0.15) is 11.3 Å². The van der Waals surface area contributed by atoms with E-state index < -0.39 is 13.0 Å². The van der Waals surface area contributed by atoms with E-state index in [4.69, 9.17) is 15.1 Å². The zero-order valence-electron chi connectivity index (χ0n) is 18.3. The molecule has 2 aliphatic heterocycles. The third-order valence-corrected chi connectivity index (χ3v) is 5.78. The molecule has 32 heavy (non-hydrogen) atoms. The molecule has 4 rings (SSSR count).